The van der Waals surface area contributed by atoms with Gasteiger partial charge in [0, 0.05) is 116 Å². The van der Waals surface area contributed by atoms with E-state index < -0.39 is 0 Å². The molecule has 7 fully saturated rings. The van der Waals surface area contributed by atoms with Crippen molar-refractivity contribution in [3.63, 3.8) is 0 Å². The van der Waals surface area contributed by atoms with E-state index in [9.17, 15) is 24.0 Å². The molecule has 7 aliphatic rings. The average molecular weight is 1950 g/mol. The van der Waals surface area contributed by atoms with Crippen LogP contribution in [0.3, 0.4) is 0 Å². The summed E-state index contributed by atoms with van der Waals surface area (Å²) in [6.45, 7) is 1.99. The van der Waals surface area contributed by atoms with Crippen molar-refractivity contribution in [3.8, 4) is 5.82 Å². The lowest BCUT2D eigenvalue weighted by molar-refractivity contribution is 0.0903. The molecule has 2 saturated heterocycles. The number of carbonyl (C=O) groups is 5. The van der Waals surface area contributed by atoms with Crippen LogP contribution in [-0.4, -0.2) is 177 Å². The van der Waals surface area contributed by atoms with Crippen molar-refractivity contribution in [2.45, 2.75) is 145 Å². The largest absolute Gasteiger partial charge is 0.459 e. The Kier molecular flexibility index (Phi) is 28.8. The van der Waals surface area contributed by atoms with Gasteiger partial charge in [0.15, 0.2) is 73.8 Å². The highest BCUT2D eigenvalue weighted by atomic mass is 35.5. The van der Waals surface area contributed by atoms with Crippen molar-refractivity contribution < 1.29 is 46.1 Å². The second kappa shape index (κ2) is 42.2. The average Bonchev–Trinajstić information content (AvgIpc) is 1.62. The third kappa shape index (κ3) is 23.4. The zero-order valence-corrected chi connectivity index (χ0v) is 75.9. The predicted molar refractivity (Wildman–Crippen MR) is 502 cm³/mol. The van der Waals surface area contributed by atoms with E-state index in [2.05, 4.69) is 149 Å². The normalized spacial score (nSPS) is 15.9. The van der Waals surface area contributed by atoms with Crippen LogP contribution in [-0.2, 0) is 0 Å². The molecule has 0 radical (unpaired) electrons. The number of rotatable bonds is 21. The highest BCUT2D eigenvalue weighted by molar-refractivity contribution is 6.35. The molecule has 0 bridgehead atoms. The summed E-state index contributed by atoms with van der Waals surface area (Å²) in [6, 6.07) is 30.4. The number of hydrogen-bond acceptors (Lipinski definition) is 34. The molecule has 0 spiro atoms. The fourth-order valence-corrected chi connectivity index (χ4v) is 15.4. The summed E-state index contributed by atoms with van der Waals surface area (Å²) in [6.07, 6.45) is 29.1. The smallest absolute Gasteiger partial charge is 0.269 e. The molecule has 5 saturated carbocycles. The van der Waals surface area contributed by atoms with E-state index in [0.29, 0.717) is 161 Å². The first-order valence-electron chi connectivity index (χ1n) is 43.0. The number of nitrogen functional groups attached to an aromatic ring is 2. The van der Waals surface area contributed by atoms with Crippen LogP contribution in [0.4, 0.5) is 52.5 Å². The van der Waals surface area contributed by atoms with Crippen LogP contribution in [0.25, 0.3) is 61.3 Å². The highest BCUT2D eigenvalue weighted by Crippen LogP contribution is 2.39. The third-order valence-electron chi connectivity index (χ3n) is 22.1. The highest BCUT2D eigenvalue weighted by Gasteiger charge is 2.34. The summed E-state index contributed by atoms with van der Waals surface area (Å²) in [5.74, 6) is 4.00. The number of anilines is 9. The molecule has 49 heteroatoms. The molecule has 2 atom stereocenters. The van der Waals surface area contributed by atoms with E-state index in [1.54, 1.807) is 54.8 Å². The van der Waals surface area contributed by atoms with Gasteiger partial charge in [0.1, 0.15) is 67.7 Å². The molecule has 2 aliphatic heterocycles. The number of fused-ring (bicyclic) bond motifs is 5. The van der Waals surface area contributed by atoms with Crippen molar-refractivity contribution in [1.82, 2.24) is 137 Å². The second-order valence-electron chi connectivity index (χ2n) is 32.1. The number of furan rings is 5. The van der Waals surface area contributed by atoms with Gasteiger partial charge in [-0.2, -0.15) is 40.3 Å². The van der Waals surface area contributed by atoms with Crippen molar-refractivity contribution in [3.05, 3.63) is 207 Å². The van der Waals surface area contributed by atoms with E-state index in [1.807, 2.05) is 48.8 Å². The van der Waals surface area contributed by atoms with Crippen molar-refractivity contribution in [1.29, 1.82) is 0 Å². The first-order valence-corrected chi connectivity index (χ1v) is 44.9. The SMILES string of the molecule is Cl.Clc1nc(Cl)c2occc2n1.Nc1cc(C(=O)CC2CC2)n(-c2nc(Cl)nc3ccoc23)n1.Nc1cc(C(=O)NC2CC2)[nH]n1.O=C(NC1CC1)c1cc(Nc2nc(Cl)nc3ccoc23)n[nH]1.O=C(NC1CCC1)c1cc(Nc2nc(Cl)nc3ccoc23)n[nH]1.O=C(NC1CCC1)c1cc(Nc2nc(N3CCCC3c3ccccn3)nc3ccoc23)n[nH]1.c1ccc(C2CCCN2)nc1. The van der Waals surface area contributed by atoms with E-state index in [4.69, 9.17) is 102 Å². The predicted octanol–water partition coefficient (Wildman–Crippen LogP) is 15.5. The number of nitrogens with one attached hydrogen (secondary N) is 12. The summed E-state index contributed by atoms with van der Waals surface area (Å²) in [4.78, 5) is 113. The fourth-order valence-electron chi connectivity index (χ4n) is 14.5. The van der Waals surface area contributed by atoms with E-state index in [0.717, 1.165) is 109 Å². The van der Waals surface area contributed by atoms with Crippen molar-refractivity contribution in [2.24, 2.45) is 5.92 Å². The fraction of sp³-hybridized carbons (Fsp3) is 0.302. The van der Waals surface area contributed by atoms with Crippen LogP contribution in [0.15, 0.2) is 163 Å². The van der Waals surface area contributed by atoms with Gasteiger partial charge in [0.05, 0.1) is 48.7 Å². The minimum atomic E-state index is -0.174. The molecule has 4 amide bonds. The Morgan fingerprint density at radius 2 is 0.859 bits per heavy atom. The Labute approximate surface area is 795 Å². The number of pyridine rings is 2. The van der Waals surface area contributed by atoms with Gasteiger partial charge in [-0.15, -0.1) is 17.5 Å². The van der Waals surface area contributed by atoms with Gasteiger partial charge < -0.3 is 81.0 Å². The molecular weight excluding hydrogens is 1870 g/mol. The molecule has 24 rings (SSSR count). The number of nitrogens with zero attached hydrogens (tertiary/aromatic N) is 19. The molecule has 696 valence electrons. The molecule has 43 nitrogen and oxygen atoms in total. The first kappa shape index (κ1) is 92.4. The zero-order chi connectivity index (χ0) is 92.3. The minimum Gasteiger partial charge on any atom is -0.459 e. The minimum absolute atomic E-state index is 0. The Bertz CT molecular complexity index is 7010. The summed E-state index contributed by atoms with van der Waals surface area (Å²) in [5, 5.41) is 55.7. The number of nitrogens with two attached hydrogens (primary N) is 2. The monoisotopic (exact) mass is 1950 g/mol. The lowest BCUT2D eigenvalue weighted by atomic mass is 9.93. The second-order valence-corrected chi connectivity index (χ2v) is 33.8. The number of H-pyrrole nitrogens is 4. The molecule has 0 aromatic carbocycles. The van der Waals surface area contributed by atoms with E-state index >= 15 is 0 Å². The molecule has 16 N–H and O–H groups in total. The summed E-state index contributed by atoms with van der Waals surface area (Å²) < 4.78 is 28.1. The number of aromatic nitrogens is 22. The molecule has 2 unspecified atom stereocenters. The summed E-state index contributed by atoms with van der Waals surface area (Å²) >= 11 is 28.9. The molecule has 17 aromatic heterocycles. The van der Waals surface area contributed by atoms with E-state index in [-0.39, 0.29) is 98.1 Å². The number of aromatic amines is 4. The summed E-state index contributed by atoms with van der Waals surface area (Å²) in [7, 11) is 0. The van der Waals surface area contributed by atoms with Gasteiger partial charge in [-0.3, -0.25) is 54.3 Å². The molecule has 5 aliphatic carbocycles. The van der Waals surface area contributed by atoms with Crippen molar-refractivity contribution in [2.75, 3.05) is 45.4 Å². The number of hydrogen-bond donors (Lipinski definition) is 14. The van der Waals surface area contributed by atoms with Crippen LogP contribution >= 0.6 is 70.4 Å². The number of carbonyl (C=O) groups excluding carboxylic acids is 5. The number of ketones is 1. The van der Waals surface area contributed by atoms with Gasteiger partial charge >= 0.3 is 0 Å². The molecule has 17 aromatic rings. The van der Waals surface area contributed by atoms with Crippen molar-refractivity contribution >= 4 is 208 Å². The third-order valence-corrected chi connectivity index (χ3v) is 23.1. The Balaban J connectivity index is 0.000000113. The quantitative estimate of drug-likeness (QED) is 0.0180. The maximum Gasteiger partial charge on any atom is 0.269 e. The number of amides is 4. The Morgan fingerprint density at radius 1 is 0.422 bits per heavy atom. The van der Waals surface area contributed by atoms with Crippen LogP contribution in [0.2, 0.25) is 26.3 Å². The van der Waals surface area contributed by atoms with Gasteiger partial charge in [0.2, 0.25) is 32.9 Å². The number of halogens is 6. The van der Waals surface area contributed by atoms with Gasteiger partial charge in [-0.1, -0.05) is 23.7 Å². The van der Waals surface area contributed by atoms with Gasteiger partial charge in [-0.25, -0.2) is 34.6 Å². The Hall–Kier alpha value is -14.5. The van der Waals surface area contributed by atoms with Gasteiger partial charge in [-0.05, 0) is 186 Å². The maximum atomic E-state index is 12.4. The summed E-state index contributed by atoms with van der Waals surface area (Å²) in [5.41, 5.74) is 20.7. The maximum absolute atomic E-state index is 12.4. The van der Waals surface area contributed by atoms with Crippen LogP contribution in [0.1, 0.15) is 185 Å². The standard InChI is InChI=1S/C23H24N8O2.C14H13ClN6O2.C14H12ClN5O2.C13H11ClN6O2.C9H12N2.C7H10N4O.C6H2Cl2N2O.ClH/c32-22(25-14-5-3-6-14)17-13-19(30-29-17)27-21-20-16(9-12-33-20)26-23(28-21)31-11-4-8-18(31)15-7-1-2-10-24-15;15-14-17-8-4-5-23-11(8)12(19-14)18-10-6-9(20-21-10)13(22)16-7-2-1-3-7;15-14-17-8-3-4-22-12(8)13(18-14)20-9(6-11(16)19-20)10(21)5-7-1-2-7;14-13-16-7-3-4-22-10(7)11(18-13)17-9-5-8(19-20-9)12(21)15-6-1-2-6;1-2-6-10-8(4-1)9-5-3-7-11-9;8-6-3-5(10-11-6)7(12)9-4-1-2-4;7-5-4-3(1-2-11-4)9-6(8)10-5;/h1-2,7,9-10,12-14,18H,3-6,8,11H2,(H,25,32)(H2,26,27,28,29,30);4-7H,1-3H2,(H,16,22)(H2,17,18,19,20,21);3-4,6-7H,1-2,5H2,(H2,16,19);3-6H,1-2H2,(H,15,21)(H2,16,17,18,19,20);1-2,4,6,9,11H,3,5,7H2;3-4H,1-2H2,(H,9,12)(H3,8,10,11);1-2H;1H. The first-order chi connectivity index (χ1) is 65.2. The number of Topliss-reactive ketones (excluding diaryl/α,β-unsaturated/α-hetero) is 1. The zero-order valence-electron chi connectivity index (χ0n) is 71.3. The lowest BCUT2D eigenvalue weighted by Gasteiger charge is -2.25. The van der Waals surface area contributed by atoms with Crippen LogP contribution in [0, 0.1) is 5.92 Å². The molecule has 135 heavy (non-hydrogen) atoms. The Morgan fingerprint density at radius 3 is 1.31 bits per heavy atom. The molecular formula is C86H85Cl6N33O10. The van der Waals surface area contributed by atoms with Crippen LogP contribution < -0.4 is 58.9 Å². The molecule has 19 heterocycles. The topological polar surface area (TPSA) is 590 Å². The lowest BCUT2D eigenvalue weighted by Crippen LogP contribution is -2.39. The van der Waals surface area contributed by atoms with E-state index in [1.165, 1.54) is 54.3 Å². The van der Waals surface area contributed by atoms with Gasteiger partial charge in [0.25, 0.3) is 23.6 Å². The van der Waals surface area contributed by atoms with Crippen LogP contribution in [0.5, 0.6) is 0 Å².